The average Bonchev–Trinajstić information content (AvgIpc) is 2.90. The van der Waals surface area contributed by atoms with Crippen LogP contribution in [0.2, 0.25) is 0 Å². The van der Waals surface area contributed by atoms with Crippen LogP contribution in [0, 0.1) is 11.6 Å². The van der Waals surface area contributed by atoms with Gasteiger partial charge in [-0.25, -0.2) is 13.8 Å². The van der Waals surface area contributed by atoms with E-state index in [4.69, 9.17) is 0 Å². The third-order valence-electron chi connectivity index (χ3n) is 3.44. The van der Waals surface area contributed by atoms with E-state index >= 15 is 0 Å². The summed E-state index contributed by atoms with van der Waals surface area (Å²) in [6.45, 7) is 3.64. The molecule has 5 nitrogen and oxygen atoms in total. The highest BCUT2D eigenvalue weighted by molar-refractivity contribution is 5.72. The molecular weight excluding hydrogens is 290 g/mol. The van der Waals surface area contributed by atoms with Crippen molar-refractivity contribution in [2.75, 3.05) is 0 Å². The van der Waals surface area contributed by atoms with Gasteiger partial charge in [0.1, 0.15) is 23.3 Å². The number of rotatable bonds is 3. The van der Waals surface area contributed by atoms with Crippen LogP contribution in [0.4, 0.5) is 8.78 Å². The van der Waals surface area contributed by atoms with E-state index in [1.165, 1.54) is 17.0 Å². The van der Waals surface area contributed by atoms with Gasteiger partial charge in [0.05, 0.1) is 6.54 Å². The molecule has 3 rings (SSSR count). The van der Waals surface area contributed by atoms with Crippen molar-refractivity contribution in [1.29, 1.82) is 0 Å². The molecule has 0 bridgehead atoms. The van der Waals surface area contributed by atoms with Crippen molar-refractivity contribution < 1.29 is 8.78 Å². The second kappa shape index (κ2) is 5.32. The lowest BCUT2D eigenvalue weighted by Crippen LogP contribution is -2.21. The minimum absolute atomic E-state index is 0.0889. The van der Waals surface area contributed by atoms with Crippen LogP contribution >= 0.6 is 0 Å². The van der Waals surface area contributed by atoms with Crippen LogP contribution in [0.25, 0.3) is 11.0 Å². The number of nitrogens with zero attached hydrogens (tertiary/aromatic N) is 4. The fourth-order valence-electron chi connectivity index (χ4n) is 2.19. The first-order valence-corrected chi connectivity index (χ1v) is 6.84. The topological polar surface area (TPSA) is 52.7 Å². The molecule has 0 saturated carbocycles. The summed E-state index contributed by atoms with van der Waals surface area (Å²) in [6, 6.07) is 3.69. The lowest BCUT2D eigenvalue weighted by molar-refractivity contribution is 0.536. The second-order valence-electron chi connectivity index (χ2n) is 5.32. The molecule has 0 aliphatic heterocycles. The second-order valence-corrected chi connectivity index (χ2v) is 5.32. The van der Waals surface area contributed by atoms with E-state index in [1.807, 2.05) is 13.8 Å². The molecule has 0 spiro atoms. The maximum Gasteiger partial charge on any atom is 0.264 e. The van der Waals surface area contributed by atoms with Crippen molar-refractivity contribution in [3.8, 4) is 0 Å². The molecule has 114 valence electrons. The van der Waals surface area contributed by atoms with Gasteiger partial charge in [-0.05, 0) is 26.0 Å². The number of aromatic nitrogens is 4. The number of hydrogen-bond acceptors (Lipinski definition) is 3. The van der Waals surface area contributed by atoms with Crippen molar-refractivity contribution >= 4 is 11.0 Å². The lowest BCUT2D eigenvalue weighted by atomic mass is 10.2. The van der Waals surface area contributed by atoms with E-state index < -0.39 is 11.6 Å². The van der Waals surface area contributed by atoms with Gasteiger partial charge in [-0.3, -0.25) is 14.0 Å². The molecular formula is C15H14F2N4O. The Labute approximate surface area is 124 Å². The van der Waals surface area contributed by atoms with E-state index in [0.717, 1.165) is 12.1 Å². The van der Waals surface area contributed by atoms with Crippen molar-refractivity contribution in [3.05, 3.63) is 58.3 Å². The van der Waals surface area contributed by atoms with Crippen molar-refractivity contribution in [1.82, 2.24) is 19.3 Å². The number of halogens is 2. The smallest absolute Gasteiger partial charge is 0.264 e. The third-order valence-corrected chi connectivity index (χ3v) is 3.44. The highest BCUT2D eigenvalue weighted by atomic mass is 19.1. The zero-order valence-corrected chi connectivity index (χ0v) is 12.1. The summed E-state index contributed by atoms with van der Waals surface area (Å²) >= 11 is 0. The zero-order valence-electron chi connectivity index (χ0n) is 12.1. The first-order chi connectivity index (χ1) is 10.5. The average molecular weight is 304 g/mol. The Bertz CT molecular complexity index is 878. The summed E-state index contributed by atoms with van der Waals surface area (Å²) in [5, 5.41) is 4.53. The van der Waals surface area contributed by atoms with Gasteiger partial charge in [0.15, 0.2) is 5.65 Å². The van der Waals surface area contributed by atoms with Gasteiger partial charge in [0, 0.05) is 17.8 Å². The van der Waals surface area contributed by atoms with E-state index in [9.17, 15) is 13.6 Å². The van der Waals surface area contributed by atoms with E-state index in [0.29, 0.717) is 11.0 Å². The minimum Gasteiger partial charge on any atom is -0.294 e. The predicted octanol–water partition coefficient (Wildman–Crippen LogP) is 2.50. The van der Waals surface area contributed by atoms with E-state index in [-0.39, 0.29) is 23.7 Å². The van der Waals surface area contributed by atoms with Gasteiger partial charge in [-0.15, -0.1) is 0 Å². The fourth-order valence-corrected chi connectivity index (χ4v) is 2.19. The van der Waals surface area contributed by atoms with Crippen molar-refractivity contribution in [3.63, 3.8) is 0 Å². The van der Waals surface area contributed by atoms with Gasteiger partial charge in [-0.2, -0.15) is 5.10 Å². The van der Waals surface area contributed by atoms with E-state index in [1.54, 1.807) is 10.9 Å². The van der Waals surface area contributed by atoms with Crippen LogP contribution in [0.15, 0.2) is 35.5 Å². The van der Waals surface area contributed by atoms with E-state index in [2.05, 4.69) is 10.1 Å². The molecule has 3 aromatic rings. The Morgan fingerprint density at radius 3 is 2.55 bits per heavy atom. The quantitative estimate of drug-likeness (QED) is 0.747. The fraction of sp³-hybridized carbons (Fsp3) is 0.267. The molecule has 0 radical (unpaired) electrons. The van der Waals surface area contributed by atoms with Crippen LogP contribution in [0.1, 0.15) is 25.5 Å². The SMILES string of the molecule is CC(C)n1cc2c(=O)n(Cc3c(F)cccc3F)cnc2n1. The minimum atomic E-state index is -0.690. The summed E-state index contributed by atoms with van der Waals surface area (Å²) in [7, 11) is 0. The Kier molecular flexibility index (Phi) is 3.48. The Morgan fingerprint density at radius 1 is 1.23 bits per heavy atom. The van der Waals surface area contributed by atoms with Crippen LogP contribution in [-0.4, -0.2) is 19.3 Å². The van der Waals surface area contributed by atoms with Crippen molar-refractivity contribution in [2.45, 2.75) is 26.4 Å². The zero-order chi connectivity index (χ0) is 15.9. The Hall–Kier alpha value is -2.57. The third kappa shape index (κ3) is 2.38. The van der Waals surface area contributed by atoms with Crippen molar-refractivity contribution in [2.24, 2.45) is 0 Å². The molecule has 2 heterocycles. The van der Waals surface area contributed by atoms with Crippen LogP contribution in [0.5, 0.6) is 0 Å². The van der Waals surface area contributed by atoms with Crippen LogP contribution in [-0.2, 0) is 6.54 Å². The molecule has 0 saturated heterocycles. The molecule has 7 heteroatoms. The molecule has 0 unspecified atom stereocenters. The Morgan fingerprint density at radius 2 is 1.91 bits per heavy atom. The molecule has 1 aromatic carbocycles. The van der Waals surface area contributed by atoms with Gasteiger partial charge < -0.3 is 0 Å². The molecule has 0 atom stereocenters. The maximum atomic E-state index is 13.7. The van der Waals surface area contributed by atoms with Gasteiger partial charge >= 0.3 is 0 Å². The highest BCUT2D eigenvalue weighted by Crippen LogP contribution is 2.14. The first-order valence-electron chi connectivity index (χ1n) is 6.84. The number of hydrogen-bond donors (Lipinski definition) is 0. The number of fused-ring (bicyclic) bond motifs is 1. The summed E-state index contributed by atoms with van der Waals surface area (Å²) in [5.41, 5.74) is -0.217. The van der Waals surface area contributed by atoms with Crippen LogP contribution < -0.4 is 5.56 Å². The Balaban J connectivity index is 2.09. The molecule has 0 fully saturated rings. The van der Waals surface area contributed by atoms with Gasteiger partial charge in [-0.1, -0.05) is 6.07 Å². The number of benzene rings is 1. The van der Waals surface area contributed by atoms with Gasteiger partial charge in [0.2, 0.25) is 0 Å². The largest absolute Gasteiger partial charge is 0.294 e. The first kappa shape index (κ1) is 14.4. The molecule has 0 aliphatic rings. The summed E-state index contributed by atoms with van der Waals surface area (Å²) < 4.78 is 30.2. The molecule has 0 N–H and O–H groups in total. The standard InChI is InChI=1S/C15H14F2N4O/c1-9(2)21-7-11-14(19-21)18-8-20(15(11)22)6-10-12(16)4-3-5-13(10)17/h3-5,7-9H,6H2,1-2H3. The summed E-state index contributed by atoms with van der Waals surface area (Å²) in [6.07, 6.45) is 2.86. The highest BCUT2D eigenvalue weighted by Gasteiger charge is 2.13. The monoisotopic (exact) mass is 304 g/mol. The molecule has 0 amide bonds. The predicted molar refractivity (Wildman–Crippen MR) is 77.6 cm³/mol. The summed E-state index contributed by atoms with van der Waals surface area (Å²) in [4.78, 5) is 16.5. The van der Waals surface area contributed by atoms with Gasteiger partial charge in [0.25, 0.3) is 5.56 Å². The normalized spacial score (nSPS) is 11.5. The van der Waals surface area contributed by atoms with Crippen LogP contribution in [0.3, 0.4) is 0 Å². The molecule has 0 aliphatic carbocycles. The molecule has 2 aromatic heterocycles. The summed E-state index contributed by atoms with van der Waals surface area (Å²) in [5.74, 6) is -1.38. The maximum absolute atomic E-state index is 13.7. The molecule has 22 heavy (non-hydrogen) atoms. The lowest BCUT2D eigenvalue weighted by Gasteiger charge is -2.07.